The van der Waals surface area contributed by atoms with Gasteiger partial charge in [0.1, 0.15) is 17.4 Å². The smallest absolute Gasteiger partial charge is 0.274 e. The Kier molecular flexibility index (Phi) is 7.99. The molecule has 186 valence electrons. The highest BCUT2D eigenvalue weighted by atomic mass is 35.6. The second-order valence-corrected chi connectivity index (χ2v) is 11.9. The minimum atomic E-state index is -1.88. The maximum Gasteiger partial charge on any atom is 0.337 e. The van der Waals surface area contributed by atoms with Crippen LogP contribution in [0.5, 0.6) is 0 Å². The highest BCUT2D eigenvalue weighted by Gasteiger charge is 2.48. The van der Waals surface area contributed by atoms with Crippen LogP contribution in [0.2, 0.25) is 0 Å². The van der Waals surface area contributed by atoms with Crippen molar-refractivity contribution in [3.63, 3.8) is 0 Å². The Morgan fingerprint density at radius 3 is 2.06 bits per heavy atom. The zero-order valence-electron chi connectivity index (χ0n) is 18.8. The molecule has 1 aliphatic heterocycles. The van der Waals surface area contributed by atoms with Crippen molar-refractivity contribution in [1.82, 2.24) is 9.80 Å². The highest BCUT2D eigenvalue weighted by Crippen LogP contribution is 2.42. The summed E-state index contributed by atoms with van der Waals surface area (Å²) < 4.78 is 12.8. The number of carbonyl (C=O) groups is 2. The van der Waals surface area contributed by atoms with Crippen LogP contribution < -0.4 is 4.90 Å². The molecule has 3 fully saturated rings. The van der Waals surface area contributed by atoms with Gasteiger partial charge >= 0.3 is 6.03 Å². The third-order valence-electron chi connectivity index (χ3n) is 6.91. The number of halogens is 5. The van der Waals surface area contributed by atoms with Crippen LogP contribution >= 0.6 is 46.4 Å². The van der Waals surface area contributed by atoms with Crippen LogP contribution in [0.1, 0.15) is 51.4 Å². The van der Waals surface area contributed by atoms with Gasteiger partial charge in [-0.3, -0.25) is 14.6 Å². The first-order valence-corrected chi connectivity index (χ1v) is 13.1. The molecule has 0 bridgehead atoms. The van der Waals surface area contributed by atoms with Gasteiger partial charge in [0, 0.05) is 19.1 Å². The Hall–Kier alpha value is -1.12. The Balaban J connectivity index is 1.84. The predicted octanol–water partition coefficient (Wildman–Crippen LogP) is 6.11. The molecule has 1 saturated heterocycles. The molecule has 2 atom stereocenters. The summed E-state index contributed by atoms with van der Waals surface area (Å²) >= 11 is 25.5. The molecule has 2 unspecified atom stereocenters. The number of amides is 3. The van der Waals surface area contributed by atoms with E-state index in [1.165, 1.54) is 25.2 Å². The van der Waals surface area contributed by atoms with Gasteiger partial charge in [-0.25, -0.2) is 19.1 Å². The average molecular weight is 552 g/mol. The Labute approximate surface area is 218 Å². The van der Waals surface area contributed by atoms with Gasteiger partial charge in [-0.05, 0) is 37.8 Å². The number of anilines is 1. The Morgan fingerprint density at radius 2 is 1.56 bits per heavy atom. The summed E-state index contributed by atoms with van der Waals surface area (Å²) in [7, 11) is 1.33. The van der Waals surface area contributed by atoms with Gasteiger partial charge in [0.25, 0.3) is 5.91 Å². The lowest BCUT2D eigenvalue weighted by Crippen LogP contribution is -2.54. The summed E-state index contributed by atoms with van der Waals surface area (Å²) in [4.78, 5) is 34.9. The number of urea groups is 1. The van der Waals surface area contributed by atoms with Gasteiger partial charge in [0.05, 0.1) is 5.69 Å². The number of aliphatic imine (C=N–C) groups is 1. The molecule has 6 nitrogen and oxygen atoms in total. The van der Waals surface area contributed by atoms with Gasteiger partial charge in [-0.2, -0.15) is 0 Å². The molecule has 11 heteroatoms. The lowest BCUT2D eigenvalue weighted by atomic mass is 10.1. The molecule has 1 heterocycles. The summed E-state index contributed by atoms with van der Waals surface area (Å²) in [5.41, 5.74) is -0.0732. The van der Waals surface area contributed by atoms with Gasteiger partial charge in [0.15, 0.2) is 0 Å². The van der Waals surface area contributed by atoms with Crippen LogP contribution in [0, 0.1) is 5.82 Å². The number of imide groups is 1. The lowest BCUT2D eigenvalue weighted by molar-refractivity contribution is -0.119. The van der Waals surface area contributed by atoms with Crippen molar-refractivity contribution in [3.05, 3.63) is 30.1 Å². The topological polar surface area (TPSA) is 56.2 Å². The van der Waals surface area contributed by atoms with Crippen LogP contribution in [0.3, 0.4) is 0 Å². The summed E-state index contributed by atoms with van der Waals surface area (Å²) in [6.45, 7) is 0. The fraction of sp³-hybridized carbons (Fsp3) is 0.609. The Bertz CT molecular complexity index is 945. The molecule has 4 rings (SSSR count). The number of likely N-dealkylation sites (N-methyl/N-ethyl adjacent to an activating group) is 1. The van der Waals surface area contributed by atoms with Crippen LogP contribution in [-0.2, 0) is 4.79 Å². The maximum absolute atomic E-state index is 14.7. The minimum Gasteiger partial charge on any atom is -0.274 e. The molecule has 0 aromatic heterocycles. The molecular weight excluding hydrogens is 525 g/mol. The monoisotopic (exact) mass is 550 g/mol. The molecule has 0 spiro atoms. The van der Waals surface area contributed by atoms with Crippen molar-refractivity contribution >= 4 is 69.9 Å². The molecule has 1 aromatic rings. The van der Waals surface area contributed by atoms with E-state index >= 15 is 0 Å². The number of hydrogen-bond donors (Lipinski definition) is 0. The van der Waals surface area contributed by atoms with E-state index in [1.54, 1.807) is 6.07 Å². The quantitative estimate of drug-likeness (QED) is 0.316. The Morgan fingerprint density at radius 1 is 1.03 bits per heavy atom. The van der Waals surface area contributed by atoms with E-state index < -0.39 is 33.1 Å². The largest absolute Gasteiger partial charge is 0.337 e. The first-order chi connectivity index (χ1) is 16.1. The fourth-order valence-electron chi connectivity index (χ4n) is 5.25. The molecule has 3 amide bonds. The van der Waals surface area contributed by atoms with Crippen molar-refractivity contribution < 1.29 is 14.0 Å². The van der Waals surface area contributed by atoms with E-state index in [0.29, 0.717) is 0 Å². The number of alkyl halides is 4. The van der Waals surface area contributed by atoms with Crippen molar-refractivity contribution in [2.75, 3.05) is 11.9 Å². The molecule has 0 N–H and O–H groups in total. The third kappa shape index (κ3) is 5.05. The lowest BCUT2D eigenvalue weighted by Gasteiger charge is -2.42. The number of carbonyl (C=O) groups excluding carboxylic acids is 2. The summed E-state index contributed by atoms with van der Waals surface area (Å²) in [5, 5.41) is -1.11. The zero-order valence-corrected chi connectivity index (χ0v) is 21.8. The normalized spacial score (nSPS) is 23.7. The fourth-order valence-corrected chi connectivity index (χ4v) is 5.77. The molecule has 2 saturated carbocycles. The molecule has 1 aromatic carbocycles. The first-order valence-electron chi connectivity index (χ1n) is 11.5. The number of nitrogens with zero attached hydrogens (tertiary/aromatic N) is 4. The van der Waals surface area contributed by atoms with Crippen LogP contribution in [0.4, 0.5) is 14.9 Å². The van der Waals surface area contributed by atoms with Gasteiger partial charge < -0.3 is 0 Å². The molecule has 0 radical (unpaired) electrons. The minimum absolute atomic E-state index is 0.0732. The number of para-hydroxylation sites is 1. The SMILES string of the molecule is CN1C(=O)/C(=N\C(C(Cl)C(Cl)(Cl)Cl)N(C2CCCC2)C2CCCC2)N(c2ccccc2F)C1=O. The van der Waals surface area contributed by atoms with E-state index in [-0.39, 0.29) is 23.6 Å². The maximum atomic E-state index is 14.7. The van der Waals surface area contributed by atoms with Crippen molar-refractivity contribution in [3.8, 4) is 0 Å². The van der Waals surface area contributed by atoms with Crippen LogP contribution in [-0.4, -0.2) is 62.0 Å². The summed E-state index contributed by atoms with van der Waals surface area (Å²) in [5.74, 6) is -1.55. The van der Waals surface area contributed by atoms with Crippen molar-refractivity contribution in [2.24, 2.45) is 4.99 Å². The summed E-state index contributed by atoms with van der Waals surface area (Å²) in [6.07, 6.45) is 7.18. The van der Waals surface area contributed by atoms with Gasteiger partial charge in [-0.15, -0.1) is 11.6 Å². The number of hydrogen-bond acceptors (Lipinski definition) is 4. The second-order valence-electron chi connectivity index (χ2n) is 9.07. The van der Waals surface area contributed by atoms with Gasteiger partial charge in [-0.1, -0.05) is 72.6 Å². The molecule has 3 aliphatic rings. The van der Waals surface area contributed by atoms with E-state index in [0.717, 1.165) is 61.2 Å². The summed E-state index contributed by atoms with van der Waals surface area (Å²) in [6, 6.07) is 5.35. The van der Waals surface area contributed by atoms with E-state index in [4.69, 9.17) is 51.4 Å². The zero-order chi connectivity index (χ0) is 24.6. The third-order valence-corrected chi connectivity index (χ3v) is 8.50. The molecule has 2 aliphatic carbocycles. The van der Waals surface area contributed by atoms with Crippen LogP contribution in [0.25, 0.3) is 0 Å². The number of rotatable bonds is 6. The van der Waals surface area contributed by atoms with E-state index in [9.17, 15) is 14.0 Å². The first kappa shape index (κ1) is 26.0. The average Bonchev–Trinajstić information content (AvgIpc) is 3.54. The van der Waals surface area contributed by atoms with Crippen molar-refractivity contribution in [1.29, 1.82) is 0 Å². The van der Waals surface area contributed by atoms with E-state index in [1.807, 2.05) is 0 Å². The number of amidine groups is 1. The highest BCUT2D eigenvalue weighted by molar-refractivity contribution is 6.70. The number of benzene rings is 1. The van der Waals surface area contributed by atoms with Crippen LogP contribution in [0.15, 0.2) is 29.3 Å². The standard InChI is InChI=1S/C23H27Cl4FN4O2/c1-30-21(33)20(32(22(30)34)17-13-7-6-12-16(17)28)29-19(18(24)23(25,26)27)31(14-8-2-3-9-14)15-10-4-5-11-15/h6-7,12-15,18-19H,2-5,8-11H2,1H3/b29-20+. The van der Waals surface area contributed by atoms with Crippen molar-refractivity contribution in [2.45, 2.75) is 78.8 Å². The van der Waals surface area contributed by atoms with E-state index in [2.05, 4.69) is 4.90 Å². The predicted molar refractivity (Wildman–Crippen MR) is 135 cm³/mol. The second kappa shape index (κ2) is 10.5. The molecule has 34 heavy (non-hydrogen) atoms. The van der Waals surface area contributed by atoms with Gasteiger partial charge in [0.2, 0.25) is 9.63 Å². The molecular formula is C23H27Cl4FN4O2.